The van der Waals surface area contributed by atoms with Crippen molar-refractivity contribution in [2.45, 2.75) is 25.7 Å². The Morgan fingerprint density at radius 1 is 0.545 bits per heavy atom. The maximum atomic E-state index is 2.55. The molecule has 0 unspecified atom stereocenters. The minimum absolute atomic E-state index is 1.21. The van der Waals surface area contributed by atoms with E-state index in [-0.39, 0.29) is 0 Å². The minimum atomic E-state index is 1.21. The van der Waals surface area contributed by atoms with Gasteiger partial charge in [-0.3, -0.25) is 0 Å². The molecule has 2 fully saturated rings. The van der Waals surface area contributed by atoms with Crippen molar-refractivity contribution >= 4 is 11.4 Å². The van der Waals surface area contributed by atoms with Crippen molar-refractivity contribution in [1.29, 1.82) is 0 Å². The Balaban J connectivity index is 1.76. The van der Waals surface area contributed by atoms with Crippen LogP contribution in [0.25, 0.3) is 11.1 Å². The fourth-order valence-corrected chi connectivity index (χ4v) is 3.71. The molecular weight excluding hydrogens is 268 g/mol. The second-order valence-corrected chi connectivity index (χ2v) is 6.49. The zero-order valence-electron chi connectivity index (χ0n) is 13.2. The van der Waals surface area contributed by atoms with Crippen LogP contribution in [0, 0.1) is 0 Å². The van der Waals surface area contributed by atoms with Gasteiger partial charge in [0.05, 0.1) is 0 Å². The van der Waals surface area contributed by atoms with Crippen molar-refractivity contribution in [2.24, 2.45) is 0 Å². The number of hydrogen-bond acceptors (Lipinski definition) is 2. The quantitative estimate of drug-likeness (QED) is 0.818. The Hall–Kier alpha value is -1.96. The van der Waals surface area contributed by atoms with Crippen LogP contribution in [-0.4, -0.2) is 26.2 Å². The maximum absolute atomic E-state index is 2.55. The van der Waals surface area contributed by atoms with Gasteiger partial charge in [0.2, 0.25) is 0 Å². The van der Waals surface area contributed by atoms with Gasteiger partial charge in [0.15, 0.2) is 0 Å². The van der Waals surface area contributed by atoms with Gasteiger partial charge in [-0.15, -0.1) is 0 Å². The highest BCUT2D eigenvalue weighted by molar-refractivity contribution is 5.75. The summed E-state index contributed by atoms with van der Waals surface area (Å²) in [6, 6.07) is 18.0. The lowest BCUT2D eigenvalue weighted by Crippen LogP contribution is -2.20. The molecule has 0 bridgehead atoms. The molecule has 2 aliphatic heterocycles. The smallest absolute Gasteiger partial charge is 0.0393 e. The summed E-state index contributed by atoms with van der Waals surface area (Å²) in [5.41, 5.74) is 5.48. The summed E-state index contributed by atoms with van der Waals surface area (Å²) in [7, 11) is 0. The third-order valence-corrected chi connectivity index (χ3v) is 4.95. The summed E-state index contributed by atoms with van der Waals surface area (Å²) in [5.74, 6) is 0. The van der Waals surface area contributed by atoms with Crippen LogP contribution >= 0.6 is 0 Å². The molecule has 2 heteroatoms. The lowest BCUT2D eigenvalue weighted by molar-refractivity contribution is 0.949. The van der Waals surface area contributed by atoms with Crippen LogP contribution < -0.4 is 9.80 Å². The monoisotopic (exact) mass is 292 g/mol. The highest BCUT2D eigenvalue weighted by Gasteiger charge is 2.18. The molecule has 4 rings (SSSR count). The van der Waals surface area contributed by atoms with Gasteiger partial charge in [-0.1, -0.05) is 30.3 Å². The van der Waals surface area contributed by atoms with Crippen LogP contribution in [0.5, 0.6) is 0 Å². The van der Waals surface area contributed by atoms with Gasteiger partial charge < -0.3 is 9.80 Å². The van der Waals surface area contributed by atoms with E-state index in [1.54, 1.807) is 0 Å². The summed E-state index contributed by atoms with van der Waals surface area (Å²) in [6.07, 6.45) is 5.31. The topological polar surface area (TPSA) is 6.48 Å². The van der Waals surface area contributed by atoms with Gasteiger partial charge in [0.1, 0.15) is 0 Å². The first kappa shape index (κ1) is 13.7. The molecule has 2 aliphatic rings. The molecule has 0 amide bonds. The van der Waals surface area contributed by atoms with E-state index < -0.39 is 0 Å². The van der Waals surface area contributed by atoms with Crippen LogP contribution in [-0.2, 0) is 0 Å². The Labute approximate surface area is 133 Å². The first-order valence-corrected chi connectivity index (χ1v) is 8.60. The maximum Gasteiger partial charge on any atom is 0.0393 e. The van der Waals surface area contributed by atoms with E-state index in [1.807, 2.05) is 0 Å². The standard InChI is InChI=1S/C20H24N2/c1-2-8-17(9-3-1)18-14-19(21-10-4-5-11-21)16-20(15-18)22-12-6-7-13-22/h1-3,8-9,14-16H,4-7,10-13H2. The summed E-state index contributed by atoms with van der Waals surface area (Å²) in [6.45, 7) is 4.82. The van der Waals surface area contributed by atoms with Gasteiger partial charge in [-0.05, 0) is 55.0 Å². The van der Waals surface area contributed by atoms with Crippen molar-refractivity contribution in [1.82, 2.24) is 0 Å². The van der Waals surface area contributed by atoms with E-state index in [9.17, 15) is 0 Å². The third kappa shape index (κ3) is 2.70. The van der Waals surface area contributed by atoms with E-state index in [4.69, 9.17) is 0 Å². The Morgan fingerprint density at radius 2 is 1.05 bits per heavy atom. The van der Waals surface area contributed by atoms with Crippen LogP contribution in [0.3, 0.4) is 0 Å². The SMILES string of the molecule is c1ccc(-c2cc(N3CCCC3)cc(N3CCCC3)c2)cc1. The molecule has 2 nitrogen and oxygen atoms in total. The molecule has 0 aliphatic carbocycles. The van der Waals surface area contributed by atoms with Crippen molar-refractivity contribution < 1.29 is 0 Å². The minimum Gasteiger partial charge on any atom is -0.371 e. The van der Waals surface area contributed by atoms with E-state index in [0.717, 1.165) is 0 Å². The van der Waals surface area contributed by atoms with Crippen LogP contribution in [0.4, 0.5) is 11.4 Å². The number of nitrogens with zero attached hydrogens (tertiary/aromatic N) is 2. The first-order valence-electron chi connectivity index (χ1n) is 8.60. The predicted molar refractivity (Wildman–Crippen MR) is 94.8 cm³/mol. The predicted octanol–water partition coefficient (Wildman–Crippen LogP) is 4.55. The number of rotatable bonds is 3. The molecule has 0 saturated carbocycles. The van der Waals surface area contributed by atoms with Gasteiger partial charge in [0, 0.05) is 37.6 Å². The number of anilines is 2. The van der Waals surface area contributed by atoms with Crippen LogP contribution in [0.1, 0.15) is 25.7 Å². The fraction of sp³-hybridized carbons (Fsp3) is 0.400. The second kappa shape index (κ2) is 6.04. The van der Waals surface area contributed by atoms with Gasteiger partial charge in [-0.2, -0.15) is 0 Å². The third-order valence-electron chi connectivity index (χ3n) is 4.95. The Bertz CT molecular complexity index is 589. The molecule has 114 valence electrons. The lowest BCUT2D eigenvalue weighted by Gasteiger charge is -2.24. The highest BCUT2D eigenvalue weighted by Crippen LogP contribution is 2.33. The first-order chi connectivity index (χ1) is 10.9. The van der Waals surface area contributed by atoms with E-state index >= 15 is 0 Å². The molecule has 2 aromatic rings. The summed E-state index contributed by atoms with van der Waals surface area (Å²) in [5, 5.41) is 0. The summed E-state index contributed by atoms with van der Waals surface area (Å²) >= 11 is 0. The van der Waals surface area contributed by atoms with Crippen molar-refractivity contribution in [3.8, 4) is 11.1 Å². The fourth-order valence-electron chi connectivity index (χ4n) is 3.71. The molecule has 0 radical (unpaired) electrons. The molecule has 0 aromatic heterocycles. The second-order valence-electron chi connectivity index (χ2n) is 6.49. The summed E-state index contributed by atoms with van der Waals surface area (Å²) < 4.78 is 0. The van der Waals surface area contributed by atoms with Crippen LogP contribution in [0.15, 0.2) is 48.5 Å². The van der Waals surface area contributed by atoms with Crippen molar-refractivity contribution in [3.05, 3.63) is 48.5 Å². The summed E-state index contributed by atoms with van der Waals surface area (Å²) in [4.78, 5) is 5.10. The molecule has 0 atom stereocenters. The number of hydrogen-bond donors (Lipinski definition) is 0. The zero-order valence-corrected chi connectivity index (χ0v) is 13.2. The van der Waals surface area contributed by atoms with Crippen LogP contribution in [0.2, 0.25) is 0 Å². The largest absolute Gasteiger partial charge is 0.371 e. The molecule has 2 heterocycles. The van der Waals surface area contributed by atoms with Gasteiger partial charge >= 0.3 is 0 Å². The van der Waals surface area contributed by atoms with E-state index in [0.29, 0.717) is 0 Å². The Kier molecular flexibility index (Phi) is 3.75. The van der Waals surface area contributed by atoms with Crippen molar-refractivity contribution in [3.63, 3.8) is 0 Å². The van der Waals surface area contributed by atoms with Gasteiger partial charge in [-0.25, -0.2) is 0 Å². The van der Waals surface area contributed by atoms with E-state index in [2.05, 4.69) is 58.3 Å². The Morgan fingerprint density at radius 3 is 1.55 bits per heavy atom. The normalized spacial score (nSPS) is 18.2. The molecule has 0 spiro atoms. The molecule has 2 saturated heterocycles. The zero-order chi connectivity index (χ0) is 14.8. The van der Waals surface area contributed by atoms with Crippen molar-refractivity contribution in [2.75, 3.05) is 36.0 Å². The van der Waals surface area contributed by atoms with Gasteiger partial charge in [0.25, 0.3) is 0 Å². The average Bonchev–Trinajstić information content (AvgIpc) is 3.29. The van der Waals surface area contributed by atoms with E-state index in [1.165, 1.54) is 74.4 Å². The highest BCUT2D eigenvalue weighted by atomic mass is 15.2. The molecule has 22 heavy (non-hydrogen) atoms. The lowest BCUT2D eigenvalue weighted by atomic mass is 10.0. The average molecular weight is 292 g/mol. The molecule has 0 N–H and O–H groups in total. The number of benzene rings is 2. The molecular formula is C20H24N2. The molecule has 2 aromatic carbocycles.